The molecule has 0 fully saturated rings. The predicted molar refractivity (Wildman–Crippen MR) is 88.1 cm³/mol. The van der Waals surface area contributed by atoms with Crippen LogP contribution in [0.5, 0.6) is 0 Å². The molecule has 0 aliphatic heterocycles. The average molecular weight is 308 g/mol. The summed E-state index contributed by atoms with van der Waals surface area (Å²) in [6.07, 6.45) is 0. The molecule has 3 N–H and O–H groups in total. The van der Waals surface area contributed by atoms with Crippen molar-refractivity contribution < 1.29 is 4.39 Å². The molecule has 0 spiro atoms. The monoisotopic (exact) mass is 308 g/mol. The highest BCUT2D eigenvalue weighted by atomic mass is 32.1. The number of nitrogens with two attached hydrogens (primary N) is 1. The molecule has 1 heterocycles. The van der Waals surface area contributed by atoms with E-state index in [1.165, 1.54) is 27.5 Å². The van der Waals surface area contributed by atoms with Gasteiger partial charge in [0, 0.05) is 27.0 Å². The van der Waals surface area contributed by atoms with E-state index in [-0.39, 0.29) is 16.8 Å². The molecule has 1 aromatic carbocycles. The predicted octanol–water partition coefficient (Wildman–Crippen LogP) is 4.31. The second-order valence-corrected chi connectivity index (χ2v) is 6.69. The zero-order chi connectivity index (χ0) is 14.9. The largest absolute Gasteiger partial charge is 0.389 e. The number of aryl methyl sites for hydroxylation is 2. The molecule has 2 aromatic rings. The molecule has 0 aliphatic carbocycles. The lowest BCUT2D eigenvalue weighted by Crippen LogP contribution is -2.15. The molecule has 106 valence electrons. The number of nitrogens with one attached hydrogen (secondary N) is 1. The molecule has 20 heavy (non-hydrogen) atoms. The van der Waals surface area contributed by atoms with Crippen molar-refractivity contribution in [2.24, 2.45) is 5.73 Å². The molecule has 2 nitrogen and oxygen atoms in total. The van der Waals surface area contributed by atoms with Crippen LogP contribution in [0.1, 0.15) is 33.8 Å². The standard InChI is InChI=1S/C15H17FN2S2/c1-8-6-12(10(3)20-8)9(2)18-14-5-4-11(16)7-13(14)15(17)19/h4-7,9,18H,1-3H3,(H2,17,19). The fourth-order valence-electron chi connectivity index (χ4n) is 2.24. The number of benzene rings is 1. The minimum absolute atomic E-state index is 0.110. The average Bonchev–Trinajstić information content (AvgIpc) is 2.70. The quantitative estimate of drug-likeness (QED) is 0.827. The van der Waals surface area contributed by atoms with Gasteiger partial charge in [-0.3, -0.25) is 0 Å². The van der Waals surface area contributed by atoms with Crippen LogP contribution in [0.3, 0.4) is 0 Å². The number of thiocarbonyl (C=S) groups is 1. The van der Waals surface area contributed by atoms with Crippen molar-refractivity contribution in [3.05, 3.63) is 51.0 Å². The maximum atomic E-state index is 13.3. The Morgan fingerprint density at radius 1 is 1.35 bits per heavy atom. The second-order valence-electron chi connectivity index (χ2n) is 4.79. The summed E-state index contributed by atoms with van der Waals surface area (Å²) >= 11 is 6.75. The van der Waals surface area contributed by atoms with Crippen molar-refractivity contribution >= 4 is 34.2 Å². The van der Waals surface area contributed by atoms with E-state index in [4.69, 9.17) is 18.0 Å². The topological polar surface area (TPSA) is 38.0 Å². The van der Waals surface area contributed by atoms with Crippen molar-refractivity contribution in [2.75, 3.05) is 5.32 Å². The van der Waals surface area contributed by atoms with E-state index in [0.717, 1.165) is 5.69 Å². The van der Waals surface area contributed by atoms with Crippen LogP contribution >= 0.6 is 23.6 Å². The smallest absolute Gasteiger partial charge is 0.124 e. The number of halogens is 1. The van der Waals surface area contributed by atoms with Gasteiger partial charge in [0.05, 0.1) is 0 Å². The summed E-state index contributed by atoms with van der Waals surface area (Å²) in [4.78, 5) is 2.75. The first-order chi connectivity index (χ1) is 9.38. The number of hydrogen-bond donors (Lipinski definition) is 2. The van der Waals surface area contributed by atoms with Crippen LogP contribution in [-0.2, 0) is 0 Å². The zero-order valence-electron chi connectivity index (χ0n) is 11.7. The van der Waals surface area contributed by atoms with E-state index in [9.17, 15) is 4.39 Å². The van der Waals surface area contributed by atoms with Crippen LogP contribution < -0.4 is 11.1 Å². The van der Waals surface area contributed by atoms with E-state index in [1.807, 2.05) is 0 Å². The fraction of sp³-hybridized carbons (Fsp3) is 0.267. The highest BCUT2D eigenvalue weighted by Crippen LogP contribution is 2.29. The van der Waals surface area contributed by atoms with E-state index in [2.05, 4.69) is 32.2 Å². The van der Waals surface area contributed by atoms with Crippen LogP contribution in [0.15, 0.2) is 24.3 Å². The first kappa shape index (κ1) is 14.9. The van der Waals surface area contributed by atoms with E-state index in [1.54, 1.807) is 17.4 Å². The van der Waals surface area contributed by atoms with Crippen molar-refractivity contribution in [2.45, 2.75) is 26.8 Å². The summed E-state index contributed by atoms with van der Waals surface area (Å²) in [6, 6.07) is 6.72. The number of anilines is 1. The molecular weight excluding hydrogens is 291 g/mol. The summed E-state index contributed by atoms with van der Waals surface area (Å²) in [7, 11) is 0. The van der Waals surface area contributed by atoms with Gasteiger partial charge < -0.3 is 11.1 Å². The molecule has 1 unspecified atom stereocenters. The number of hydrogen-bond acceptors (Lipinski definition) is 3. The third-order valence-corrected chi connectivity index (χ3v) is 4.37. The summed E-state index contributed by atoms with van der Waals surface area (Å²) in [5.41, 5.74) is 8.20. The van der Waals surface area contributed by atoms with Crippen molar-refractivity contribution in [1.29, 1.82) is 0 Å². The van der Waals surface area contributed by atoms with Gasteiger partial charge in [-0.05, 0) is 50.6 Å². The van der Waals surface area contributed by atoms with Gasteiger partial charge in [0.1, 0.15) is 10.8 Å². The van der Waals surface area contributed by atoms with Crippen LogP contribution in [-0.4, -0.2) is 4.99 Å². The lowest BCUT2D eigenvalue weighted by atomic mass is 10.1. The number of rotatable bonds is 4. The van der Waals surface area contributed by atoms with Gasteiger partial charge in [-0.25, -0.2) is 4.39 Å². The van der Waals surface area contributed by atoms with E-state index < -0.39 is 0 Å². The van der Waals surface area contributed by atoms with Gasteiger partial charge >= 0.3 is 0 Å². The third kappa shape index (κ3) is 3.16. The van der Waals surface area contributed by atoms with Gasteiger partial charge in [-0.2, -0.15) is 0 Å². The van der Waals surface area contributed by atoms with Crippen molar-refractivity contribution in [3.63, 3.8) is 0 Å². The normalized spacial score (nSPS) is 12.2. The SMILES string of the molecule is Cc1cc(C(C)Nc2ccc(F)cc2C(N)=S)c(C)s1. The Hall–Kier alpha value is -1.46. The van der Waals surface area contributed by atoms with Crippen LogP contribution in [0.2, 0.25) is 0 Å². The van der Waals surface area contributed by atoms with Crippen molar-refractivity contribution in [1.82, 2.24) is 0 Å². The van der Waals surface area contributed by atoms with Gasteiger partial charge in [-0.15, -0.1) is 11.3 Å². The molecule has 0 saturated carbocycles. The maximum absolute atomic E-state index is 13.3. The van der Waals surface area contributed by atoms with Gasteiger partial charge in [0.2, 0.25) is 0 Å². The molecule has 0 bridgehead atoms. The molecule has 1 aromatic heterocycles. The summed E-state index contributed by atoms with van der Waals surface area (Å²) < 4.78 is 13.3. The maximum Gasteiger partial charge on any atom is 0.124 e. The molecule has 0 aliphatic rings. The zero-order valence-corrected chi connectivity index (χ0v) is 13.3. The van der Waals surface area contributed by atoms with Gasteiger partial charge in [-0.1, -0.05) is 12.2 Å². The summed E-state index contributed by atoms with van der Waals surface area (Å²) in [6.45, 7) is 6.26. The second kappa shape index (κ2) is 5.89. The third-order valence-electron chi connectivity index (χ3n) is 3.16. The number of thiophene rings is 1. The molecule has 0 amide bonds. The molecule has 0 radical (unpaired) electrons. The Balaban J connectivity index is 2.30. The van der Waals surface area contributed by atoms with Crippen LogP contribution in [0, 0.1) is 19.7 Å². The Morgan fingerprint density at radius 2 is 2.05 bits per heavy atom. The van der Waals surface area contributed by atoms with Crippen LogP contribution in [0.25, 0.3) is 0 Å². The molecule has 5 heteroatoms. The van der Waals surface area contributed by atoms with E-state index >= 15 is 0 Å². The summed E-state index contributed by atoms with van der Waals surface area (Å²) in [5, 5.41) is 3.36. The molecular formula is C15H17FN2S2. The first-order valence-electron chi connectivity index (χ1n) is 6.31. The molecule has 2 rings (SSSR count). The van der Waals surface area contributed by atoms with Crippen LogP contribution in [0.4, 0.5) is 10.1 Å². The summed E-state index contributed by atoms with van der Waals surface area (Å²) in [5.74, 6) is -0.339. The first-order valence-corrected chi connectivity index (χ1v) is 7.53. The lowest BCUT2D eigenvalue weighted by Gasteiger charge is -2.18. The van der Waals surface area contributed by atoms with Gasteiger partial charge in [0.15, 0.2) is 0 Å². The molecule has 0 saturated heterocycles. The highest BCUT2D eigenvalue weighted by molar-refractivity contribution is 7.80. The minimum atomic E-state index is -0.339. The Morgan fingerprint density at radius 3 is 2.60 bits per heavy atom. The molecule has 1 atom stereocenters. The van der Waals surface area contributed by atoms with Gasteiger partial charge in [0.25, 0.3) is 0 Å². The lowest BCUT2D eigenvalue weighted by molar-refractivity contribution is 0.627. The highest BCUT2D eigenvalue weighted by Gasteiger charge is 2.14. The Labute approximate surface area is 127 Å². The minimum Gasteiger partial charge on any atom is -0.389 e. The Kier molecular flexibility index (Phi) is 4.40. The fourth-order valence-corrected chi connectivity index (χ4v) is 3.43. The van der Waals surface area contributed by atoms with Crippen molar-refractivity contribution in [3.8, 4) is 0 Å². The van der Waals surface area contributed by atoms with E-state index in [0.29, 0.717) is 5.56 Å². The Bertz CT molecular complexity index is 649.